The summed E-state index contributed by atoms with van der Waals surface area (Å²) in [4.78, 5) is 14.3. The molecule has 0 aromatic rings. The van der Waals surface area contributed by atoms with Gasteiger partial charge in [0.25, 0.3) is 0 Å². The number of piperidine rings is 1. The Morgan fingerprint density at radius 2 is 2.00 bits per heavy atom. The molecule has 0 aromatic carbocycles. The first-order valence-corrected chi connectivity index (χ1v) is 7.12. The van der Waals surface area contributed by atoms with E-state index in [0.29, 0.717) is 11.8 Å². The SMILES string of the molecule is CCCC[C@H](CC)C(=O)N1CCC(CO)CC1. The third kappa shape index (κ3) is 4.30. The maximum absolute atomic E-state index is 12.3. The van der Waals surface area contributed by atoms with Crippen molar-refractivity contribution in [2.75, 3.05) is 19.7 Å². The third-order valence-electron chi connectivity index (χ3n) is 3.93. The molecule has 1 aliphatic rings. The average Bonchev–Trinajstić information content (AvgIpc) is 2.39. The minimum Gasteiger partial charge on any atom is -0.396 e. The smallest absolute Gasteiger partial charge is 0.225 e. The Morgan fingerprint density at radius 3 is 2.47 bits per heavy atom. The van der Waals surface area contributed by atoms with Crippen LogP contribution in [-0.2, 0) is 4.79 Å². The number of likely N-dealkylation sites (tertiary alicyclic amines) is 1. The molecule has 0 spiro atoms. The quantitative estimate of drug-likeness (QED) is 0.776. The monoisotopic (exact) mass is 241 g/mol. The van der Waals surface area contributed by atoms with Crippen LogP contribution in [0.2, 0.25) is 0 Å². The maximum atomic E-state index is 12.3. The van der Waals surface area contributed by atoms with Gasteiger partial charge in [-0.1, -0.05) is 26.7 Å². The molecule has 0 aliphatic carbocycles. The van der Waals surface area contributed by atoms with E-state index in [-0.39, 0.29) is 12.5 Å². The highest BCUT2D eigenvalue weighted by Gasteiger charge is 2.26. The lowest BCUT2D eigenvalue weighted by Gasteiger charge is -2.33. The summed E-state index contributed by atoms with van der Waals surface area (Å²) in [5.41, 5.74) is 0. The zero-order chi connectivity index (χ0) is 12.7. The van der Waals surface area contributed by atoms with E-state index in [1.807, 2.05) is 4.90 Å². The lowest BCUT2D eigenvalue weighted by atomic mass is 9.94. The molecule has 1 rings (SSSR count). The molecule has 1 amide bonds. The van der Waals surface area contributed by atoms with Crippen molar-refractivity contribution >= 4 is 5.91 Å². The molecular formula is C14H27NO2. The fourth-order valence-corrected chi connectivity index (χ4v) is 2.55. The number of rotatable bonds is 6. The highest BCUT2D eigenvalue weighted by molar-refractivity contribution is 5.78. The van der Waals surface area contributed by atoms with E-state index in [2.05, 4.69) is 13.8 Å². The van der Waals surface area contributed by atoms with Gasteiger partial charge in [0.15, 0.2) is 0 Å². The molecule has 1 fully saturated rings. The lowest BCUT2D eigenvalue weighted by Crippen LogP contribution is -2.42. The number of hydrogen-bond donors (Lipinski definition) is 1. The van der Waals surface area contributed by atoms with Gasteiger partial charge < -0.3 is 10.0 Å². The molecule has 0 unspecified atom stereocenters. The second kappa shape index (κ2) is 7.70. The predicted octanol–water partition coefficient (Wildman–Crippen LogP) is 2.43. The number of carbonyl (C=O) groups is 1. The summed E-state index contributed by atoms with van der Waals surface area (Å²) in [6, 6.07) is 0. The van der Waals surface area contributed by atoms with E-state index >= 15 is 0 Å². The number of hydrogen-bond acceptors (Lipinski definition) is 2. The second-order valence-corrected chi connectivity index (χ2v) is 5.20. The van der Waals surface area contributed by atoms with Crippen molar-refractivity contribution in [3.8, 4) is 0 Å². The summed E-state index contributed by atoms with van der Waals surface area (Å²) in [7, 11) is 0. The van der Waals surface area contributed by atoms with E-state index in [1.165, 1.54) is 0 Å². The third-order valence-corrected chi connectivity index (χ3v) is 3.93. The van der Waals surface area contributed by atoms with Crippen LogP contribution in [-0.4, -0.2) is 35.6 Å². The summed E-state index contributed by atoms with van der Waals surface area (Å²) < 4.78 is 0. The molecule has 1 atom stereocenters. The Bertz CT molecular complexity index is 222. The van der Waals surface area contributed by atoms with Gasteiger partial charge in [0.2, 0.25) is 5.91 Å². The van der Waals surface area contributed by atoms with Crippen molar-refractivity contribution < 1.29 is 9.90 Å². The van der Waals surface area contributed by atoms with Crippen LogP contribution < -0.4 is 0 Å². The molecule has 1 N–H and O–H groups in total. The number of carbonyl (C=O) groups excluding carboxylic acids is 1. The van der Waals surface area contributed by atoms with Gasteiger partial charge in [-0.3, -0.25) is 4.79 Å². The topological polar surface area (TPSA) is 40.5 Å². The summed E-state index contributed by atoms with van der Waals surface area (Å²) >= 11 is 0. The molecule has 1 aliphatic heterocycles. The maximum Gasteiger partial charge on any atom is 0.225 e. The van der Waals surface area contributed by atoms with Gasteiger partial charge in [0.05, 0.1) is 0 Å². The van der Waals surface area contributed by atoms with Crippen LogP contribution in [0.15, 0.2) is 0 Å². The van der Waals surface area contributed by atoms with Gasteiger partial charge in [-0.2, -0.15) is 0 Å². The highest BCUT2D eigenvalue weighted by Crippen LogP contribution is 2.21. The molecule has 0 radical (unpaired) electrons. The number of aliphatic hydroxyl groups excluding tert-OH is 1. The van der Waals surface area contributed by atoms with E-state index in [9.17, 15) is 4.79 Å². The molecule has 1 saturated heterocycles. The van der Waals surface area contributed by atoms with Crippen LogP contribution in [0.3, 0.4) is 0 Å². The number of nitrogens with zero attached hydrogens (tertiary/aromatic N) is 1. The number of unbranched alkanes of at least 4 members (excludes halogenated alkanes) is 1. The Hall–Kier alpha value is -0.570. The molecule has 0 saturated carbocycles. The normalized spacial score (nSPS) is 19.4. The Labute approximate surface area is 105 Å². The van der Waals surface area contributed by atoms with Crippen LogP contribution in [0, 0.1) is 11.8 Å². The van der Waals surface area contributed by atoms with Gasteiger partial charge in [-0.25, -0.2) is 0 Å². The van der Waals surface area contributed by atoms with E-state index < -0.39 is 0 Å². The van der Waals surface area contributed by atoms with Crippen LogP contribution in [0.5, 0.6) is 0 Å². The van der Waals surface area contributed by atoms with Gasteiger partial charge in [0, 0.05) is 25.6 Å². The fourth-order valence-electron chi connectivity index (χ4n) is 2.55. The Morgan fingerprint density at radius 1 is 1.35 bits per heavy atom. The molecular weight excluding hydrogens is 214 g/mol. The standard InChI is InChI=1S/C14H27NO2/c1-3-5-6-13(4-2)14(17)15-9-7-12(11-16)8-10-15/h12-13,16H,3-11H2,1-2H3/t13-/m0/s1. The Kier molecular flexibility index (Phi) is 6.56. The summed E-state index contributed by atoms with van der Waals surface area (Å²) in [6.07, 6.45) is 6.23. The van der Waals surface area contributed by atoms with Crippen molar-refractivity contribution in [3.63, 3.8) is 0 Å². The summed E-state index contributed by atoms with van der Waals surface area (Å²) in [5, 5.41) is 9.08. The number of aliphatic hydroxyl groups is 1. The summed E-state index contributed by atoms with van der Waals surface area (Å²) in [6.45, 7) is 6.23. The zero-order valence-electron chi connectivity index (χ0n) is 11.3. The first-order chi connectivity index (χ1) is 8.22. The molecule has 100 valence electrons. The van der Waals surface area contributed by atoms with Gasteiger partial charge in [-0.15, -0.1) is 0 Å². The van der Waals surface area contributed by atoms with Gasteiger partial charge in [0.1, 0.15) is 0 Å². The minimum absolute atomic E-state index is 0.223. The number of amides is 1. The molecule has 0 bridgehead atoms. The second-order valence-electron chi connectivity index (χ2n) is 5.20. The molecule has 0 aromatic heterocycles. The van der Waals surface area contributed by atoms with Crippen molar-refractivity contribution in [2.45, 2.75) is 52.4 Å². The van der Waals surface area contributed by atoms with Gasteiger partial charge in [-0.05, 0) is 31.6 Å². The van der Waals surface area contributed by atoms with Crippen molar-refractivity contribution in [2.24, 2.45) is 11.8 Å². The first-order valence-electron chi connectivity index (χ1n) is 7.12. The van der Waals surface area contributed by atoms with Crippen molar-refractivity contribution in [3.05, 3.63) is 0 Å². The fraction of sp³-hybridized carbons (Fsp3) is 0.929. The predicted molar refractivity (Wildman–Crippen MR) is 69.7 cm³/mol. The molecule has 1 heterocycles. The van der Waals surface area contributed by atoms with Crippen LogP contribution in [0.4, 0.5) is 0 Å². The lowest BCUT2D eigenvalue weighted by molar-refractivity contribution is -0.137. The van der Waals surface area contributed by atoms with Gasteiger partial charge >= 0.3 is 0 Å². The largest absolute Gasteiger partial charge is 0.396 e. The Balaban J connectivity index is 2.40. The summed E-state index contributed by atoms with van der Waals surface area (Å²) in [5.74, 6) is 0.979. The van der Waals surface area contributed by atoms with Crippen LogP contribution in [0.1, 0.15) is 52.4 Å². The van der Waals surface area contributed by atoms with Crippen molar-refractivity contribution in [1.29, 1.82) is 0 Å². The molecule has 3 nitrogen and oxygen atoms in total. The van der Waals surface area contributed by atoms with E-state index in [1.54, 1.807) is 0 Å². The molecule has 3 heteroatoms. The average molecular weight is 241 g/mol. The van der Waals surface area contributed by atoms with Crippen molar-refractivity contribution in [1.82, 2.24) is 4.90 Å². The van der Waals surface area contributed by atoms with Crippen LogP contribution >= 0.6 is 0 Å². The van der Waals surface area contributed by atoms with Crippen LogP contribution in [0.25, 0.3) is 0 Å². The zero-order valence-corrected chi connectivity index (χ0v) is 11.3. The van der Waals surface area contributed by atoms with E-state index in [4.69, 9.17) is 5.11 Å². The van der Waals surface area contributed by atoms with E-state index in [0.717, 1.165) is 51.6 Å². The minimum atomic E-state index is 0.223. The first kappa shape index (κ1) is 14.5. The highest BCUT2D eigenvalue weighted by atomic mass is 16.3. The molecule has 17 heavy (non-hydrogen) atoms.